The minimum absolute atomic E-state index is 0.175. The molecule has 0 atom stereocenters. The summed E-state index contributed by atoms with van der Waals surface area (Å²) in [6, 6.07) is 21.3. The summed E-state index contributed by atoms with van der Waals surface area (Å²) in [6.07, 6.45) is 3.85. The van der Waals surface area contributed by atoms with Gasteiger partial charge in [-0.3, -0.25) is 0 Å². The molecule has 220 valence electrons. The van der Waals surface area contributed by atoms with Crippen LogP contribution in [0.2, 0.25) is 0 Å². The number of imidazole rings is 1. The van der Waals surface area contributed by atoms with Crippen molar-refractivity contribution >= 4 is 22.7 Å². The van der Waals surface area contributed by atoms with Gasteiger partial charge in [0.25, 0.3) is 0 Å². The molecule has 2 aromatic heterocycles. The molecule has 0 amide bonds. The van der Waals surface area contributed by atoms with Gasteiger partial charge >= 0.3 is 0 Å². The first-order valence-corrected chi connectivity index (χ1v) is 14.7. The lowest BCUT2D eigenvalue weighted by molar-refractivity contribution is 0.291. The molecule has 0 radical (unpaired) electrons. The molecule has 10 nitrogen and oxygen atoms in total. The summed E-state index contributed by atoms with van der Waals surface area (Å²) in [5.74, 6) is 2.24. The van der Waals surface area contributed by atoms with Crippen LogP contribution in [0.1, 0.15) is 58.0 Å². The van der Waals surface area contributed by atoms with Gasteiger partial charge in [0.05, 0.1) is 11.0 Å². The Kier molecular flexibility index (Phi) is 8.81. The molecule has 0 bridgehead atoms. The zero-order valence-electron chi connectivity index (χ0n) is 25.6. The van der Waals surface area contributed by atoms with Crippen LogP contribution in [-0.2, 0) is 13.0 Å². The van der Waals surface area contributed by atoms with Crippen molar-refractivity contribution in [3.05, 3.63) is 77.6 Å². The second-order valence-corrected chi connectivity index (χ2v) is 11.3. The summed E-state index contributed by atoms with van der Waals surface area (Å²) in [6.45, 7) is 13.4. The minimum Gasteiger partial charge on any atom is -0.337 e. The minimum atomic E-state index is 0.175. The average molecular weight is 575 g/mol. The molecule has 0 aliphatic rings. The third kappa shape index (κ3) is 6.26. The van der Waals surface area contributed by atoms with Gasteiger partial charge in [0.2, 0.25) is 12.2 Å². The van der Waals surface area contributed by atoms with Crippen molar-refractivity contribution in [2.24, 2.45) is 4.99 Å². The second-order valence-electron chi connectivity index (χ2n) is 11.3. The Labute approximate surface area is 252 Å². The molecule has 2 heterocycles. The molecule has 3 aromatic carbocycles. The van der Waals surface area contributed by atoms with Gasteiger partial charge in [0, 0.05) is 36.3 Å². The van der Waals surface area contributed by atoms with E-state index in [9.17, 15) is 5.26 Å². The molecule has 0 spiro atoms. The van der Waals surface area contributed by atoms with Crippen LogP contribution >= 0.6 is 0 Å². The molecular formula is C33H38N10. The van der Waals surface area contributed by atoms with Gasteiger partial charge in [0.15, 0.2) is 5.82 Å². The van der Waals surface area contributed by atoms with Gasteiger partial charge in [-0.2, -0.15) is 5.26 Å². The monoisotopic (exact) mass is 574 g/mol. The van der Waals surface area contributed by atoms with Crippen LogP contribution in [0.3, 0.4) is 0 Å². The summed E-state index contributed by atoms with van der Waals surface area (Å²) >= 11 is 0. The van der Waals surface area contributed by atoms with E-state index in [0.29, 0.717) is 18.3 Å². The highest BCUT2D eigenvalue weighted by Gasteiger charge is 2.20. The Bertz CT molecular complexity index is 1750. The predicted molar refractivity (Wildman–Crippen MR) is 171 cm³/mol. The summed E-state index contributed by atoms with van der Waals surface area (Å²) in [5.41, 5.74) is 8.27. The highest BCUT2D eigenvalue weighted by molar-refractivity contribution is 5.97. The van der Waals surface area contributed by atoms with Crippen LogP contribution in [-0.4, -0.2) is 53.1 Å². The number of hydrogen-bond donors (Lipinski definition) is 2. The zero-order valence-corrected chi connectivity index (χ0v) is 25.6. The Balaban J connectivity index is 1.50. The van der Waals surface area contributed by atoms with E-state index < -0.39 is 0 Å². The van der Waals surface area contributed by atoms with Crippen molar-refractivity contribution in [1.29, 1.82) is 5.26 Å². The summed E-state index contributed by atoms with van der Waals surface area (Å²) in [5, 5.41) is 27.4. The fourth-order valence-corrected chi connectivity index (χ4v) is 5.70. The number of anilines is 1. The first kappa shape index (κ1) is 29.5. The number of H-pyrrole nitrogens is 1. The number of nitriles is 1. The smallest absolute Gasteiger partial charge is 0.214 e. The van der Waals surface area contributed by atoms with E-state index in [2.05, 4.69) is 124 Å². The Morgan fingerprint density at radius 1 is 1.05 bits per heavy atom. The Morgan fingerprint density at radius 3 is 2.40 bits per heavy atom. The summed E-state index contributed by atoms with van der Waals surface area (Å²) < 4.78 is 2.31. The van der Waals surface area contributed by atoms with Gasteiger partial charge in [-0.15, -0.1) is 10.1 Å². The van der Waals surface area contributed by atoms with E-state index in [0.717, 1.165) is 57.6 Å². The molecule has 5 rings (SSSR count). The third-order valence-corrected chi connectivity index (χ3v) is 7.50. The van der Waals surface area contributed by atoms with Gasteiger partial charge in [-0.25, -0.2) is 10.1 Å². The average Bonchev–Trinajstić information content (AvgIpc) is 3.63. The van der Waals surface area contributed by atoms with Gasteiger partial charge < -0.3 is 14.8 Å². The van der Waals surface area contributed by atoms with E-state index in [1.54, 1.807) is 0 Å². The number of nitrogens with zero attached hydrogens (tertiary/aromatic N) is 8. The number of fused-ring (bicyclic) bond motifs is 1. The maximum atomic E-state index is 9.45. The largest absolute Gasteiger partial charge is 0.337 e. The number of rotatable bonds is 9. The van der Waals surface area contributed by atoms with Gasteiger partial charge in [-0.05, 0) is 85.9 Å². The number of aliphatic imine (C=N–C) groups is 1. The maximum Gasteiger partial charge on any atom is 0.214 e. The lowest BCUT2D eigenvalue weighted by atomic mass is 9.98. The normalized spacial score (nSPS) is 11.8. The van der Waals surface area contributed by atoms with Crippen LogP contribution in [0.5, 0.6) is 0 Å². The lowest BCUT2D eigenvalue weighted by Crippen LogP contribution is -2.45. The van der Waals surface area contributed by atoms with Crippen molar-refractivity contribution in [1.82, 2.24) is 35.1 Å². The SMILES string of the molecule is CCCc1nc2c(C)cc(N/C(=N\C#N)N(C(C)C)C(C)C)cc2n1Cc1ccc(-c2ccccc2-c2nnn[nH]2)cc1. The van der Waals surface area contributed by atoms with E-state index in [1.807, 2.05) is 24.4 Å². The van der Waals surface area contributed by atoms with Crippen LogP contribution in [0.25, 0.3) is 33.5 Å². The summed E-state index contributed by atoms with van der Waals surface area (Å²) in [7, 11) is 0. The van der Waals surface area contributed by atoms with Crippen molar-refractivity contribution in [2.45, 2.75) is 73.0 Å². The molecule has 0 aliphatic heterocycles. The molecule has 0 unspecified atom stereocenters. The molecule has 43 heavy (non-hydrogen) atoms. The van der Waals surface area contributed by atoms with E-state index in [-0.39, 0.29) is 12.1 Å². The van der Waals surface area contributed by atoms with E-state index in [1.165, 1.54) is 5.56 Å². The molecule has 0 saturated carbocycles. The molecule has 5 aromatic rings. The molecule has 0 fully saturated rings. The number of aromatic amines is 1. The second kappa shape index (κ2) is 12.9. The Hall–Kier alpha value is -5.04. The van der Waals surface area contributed by atoms with Crippen LogP contribution < -0.4 is 5.32 Å². The van der Waals surface area contributed by atoms with Crippen LogP contribution in [0.4, 0.5) is 5.69 Å². The van der Waals surface area contributed by atoms with Crippen LogP contribution in [0, 0.1) is 18.4 Å². The summed E-state index contributed by atoms with van der Waals surface area (Å²) in [4.78, 5) is 11.3. The molecule has 10 heteroatoms. The number of nitrogens with one attached hydrogen (secondary N) is 2. The Morgan fingerprint density at radius 2 is 1.77 bits per heavy atom. The van der Waals surface area contributed by atoms with Crippen LogP contribution in [0.15, 0.2) is 65.7 Å². The highest BCUT2D eigenvalue weighted by Crippen LogP contribution is 2.31. The first-order valence-electron chi connectivity index (χ1n) is 14.7. The fourth-order valence-electron chi connectivity index (χ4n) is 5.70. The van der Waals surface area contributed by atoms with E-state index in [4.69, 9.17) is 4.98 Å². The van der Waals surface area contributed by atoms with Gasteiger partial charge in [-0.1, -0.05) is 55.5 Å². The van der Waals surface area contributed by atoms with Crippen molar-refractivity contribution in [3.8, 4) is 28.7 Å². The number of aryl methyl sites for hydroxylation is 2. The highest BCUT2D eigenvalue weighted by atomic mass is 15.5. The molecule has 0 saturated heterocycles. The number of tetrazole rings is 1. The molecular weight excluding hydrogens is 536 g/mol. The fraction of sp³-hybridized carbons (Fsp3) is 0.333. The lowest BCUT2D eigenvalue weighted by Gasteiger charge is -2.33. The molecule has 2 N–H and O–H groups in total. The number of hydrogen-bond acceptors (Lipinski definition) is 6. The topological polar surface area (TPSA) is 124 Å². The first-order chi connectivity index (χ1) is 20.8. The zero-order chi connectivity index (χ0) is 30.5. The quantitative estimate of drug-likeness (QED) is 0.116. The van der Waals surface area contributed by atoms with Crippen molar-refractivity contribution in [2.75, 3.05) is 5.32 Å². The van der Waals surface area contributed by atoms with Crippen molar-refractivity contribution in [3.63, 3.8) is 0 Å². The number of aromatic nitrogens is 6. The van der Waals surface area contributed by atoms with Gasteiger partial charge in [0.1, 0.15) is 5.82 Å². The number of guanidine groups is 1. The molecule has 0 aliphatic carbocycles. The van der Waals surface area contributed by atoms with E-state index >= 15 is 0 Å². The standard InChI is InChI=1S/C33H38N10/c1-7-10-30-37-31-23(6)17-26(36-33(35-20-34)43(21(2)3)22(4)5)18-29(31)42(30)19-24-13-15-25(16-14-24)27-11-8-9-12-28(27)32-38-40-41-39-32/h8-9,11-18,21-22H,7,10,19H2,1-6H3,(H,35,36)(H,38,39,40,41). The predicted octanol–water partition coefficient (Wildman–Crippen LogP) is 6.56. The maximum absolute atomic E-state index is 9.45. The van der Waals surface area contributed by atoms with Crippen molar-refractivity contribution < 1.29 is 0 Å². The number of benzene rings is 3. The third-order valence-electron chi connectivity index (χ3n) is 7.50.